The van der Waals surface area contributed by atoms with E-state index < -0.39 is 0 Å². The molecule has 2 heterocycles. The third-order valence-electron chi connectivity index (χ3n) is 3.40. The second-order valence-electron chi connectivity index (χ2n) is 5.19. The van der Waals surface area contributed by atoms with Gasteiger partial charge < -0.3 is 4.74 Å². The predicted octanol–water partition coefficient (Wildman–Crippen LogP) is 3.54. The van der Waals surface area contributed by atoms with Gasteiger partial charge in [-0.2, -0.15) is 0 Å². The molecule has 0 bridgehead atoms. The van der Waals surface area contributed by atoms with Crippen LogP contribution in [0.2, 0.25) is 5.02 Å². The largest absolute Gasteiger partial charge is 0.486 e. The van der Waals surface area contributed by atoms with Gasteiger partial charge in [-0.1, -0.05) is 23.7 Å². The quantitative estimate of drug-likeness (QED) is 0.742. The second-order valence-corrected chi connectivity index (χ2v) is 5.60. The molecule has 0 aliphatic rings. The predicted molar refractivity (Wildman–Crippen MR) is 86.7 cm³/mol. The normalized spacial score (nSPS) is 10.9. The van der Waals surface area contributed by atoms with E-state index in [1.807, 2.05) is 38.1 Å². The number of hydrogen-bond donors (Lipinski definition) is 0. The van der Waals surface area contributed by atoms with E-state index in [1.54, 1.807) is 12.3 Å². The zero-order valence-corrected chi connectivity index (χ0v) is 13.1. The molecule has 112 valence electrons. The molecule has 22 heavy (non-hydrogen) atoms. The number of aryl methyl sites for hydroxylation is 2. The lowest BCUT2D eigenvalue weighted by molar-refractivity contribution is 0.301. The van der Waals surface area contributed by atoms with Crippen molar-refractivity contribution in [3.63, 3.8) is 0 Å². The van der Waals surface area contributed by atoms with Gasteiger partial charge in [-0.25, -0.2) is 4.98 Å². The molecule has 0 atom stereocenters. The number of aromatic nitrogens is 2. The Morgan fingerprint density at radius 1 is 1.23 bits per heavy atom. The van der Waals surface area contributed by atoms with Gasteiger partial charge >= 0.3 is 0 Å². The molecule has 1 aromatic carbocycles. The monoisotopic (exact) mass is 314 g/mol. The van der Waals surface area contributed by atoms with E-state index in [4.69, 9.17) is 16.3 Å². The van der Waals surface area contributed by atoms with Crippen molar-refractivity contribution in [2.75, 3.05) is 0 Å². The maximum Gasteiger partial charge on any atom is 0.258 e. The van der Waals surface area contributed by atoms with Crippen LogP contribution in [0.1, 0.15) is 16.8 Å². The van der Waals surface area contributed by atoms with Gasteiger partial charge in [0.15, 0.2) is 0 Å². The minimum Gasteiger partial charge on any atom is -0.486 e. The standard InChI is InChI=1S/C17H15ClN2O2/c1-11-5-6-14(18)15(8-11)22-10-13-9-16(21)20-7-3-4-12(2)17(20)19-13/h3-9H,10H2,1-2H3. The summed E-state index contributed by atoms with van der Waals surface area (Å²) in [5.41, 5.74) is 3.10. The van der Waals surface area contributed by atoms with Crippen LogP contribution < -0.4 is 10.3 Å². The van der Waals surface area contributed by atoms with Gasteiger partial charge in [-0.05, 0) is 43.2 Å². The zero-order chi connectivity index (χ0) is 15.7. The summed E-state index contributed by atoms with van der Waals surface area (Å²) < 4.78 is 7.23. The van der Waals surface area contributed by atoms with Crippen LogP contribution >= 0.6 is 11.6 Å². The Morgan fingerprint density at radius 3 is 2.86 bits per heavy atom. The van der Waals surface area contributed by atoms with Gasteiger partial charge in [-0.3, -0.25) is 9.20 Å². The summed E-state index contributed by atoms with van der Waals surface area (Å²) in [6.45, 7) is 4.08. The second kappa shape index (κ2) is 5.81. The van der Waals surface area contributed by atoms with Crippen molar-refractivity contribution in [1.82, 2.24) is 9.38 Å². The molecule has 3 aromatic rings. The van der Waals surface area contributed by atoms with Crippen molar-refractivity contribution in [3.05, 3.63) is 74.8 Å². The molecule has 0 amide bonds. The topological polar surface area (TPSA) is 43.6 Å². The average Bonchev–Trinajstić information content (AvgIpc) is 2.49. The summed E-state index contributed by atoms with van der Waals surface area (Å²) in [4.78, 5) is 16.6. The summed E-state index contributed by atoms with van der Waals surface area (Å²) in [5, 5.41) is 0.541. The van der Waals surface area contributed by atoms with Crippen LogP contribution in [0.25, 0.3) is 5.65 Å². The van der Waals surface area contributed by atoms with Gasteiger partial charge in [0.25, 0.3) is 5.56 Å². The van der Waals surface area contributed by atoms with Crippen LogP contribution in [0.4, 0.5) is 0 Å². The van der Waals surface area contributed by atoms with Crippen molar-refractivity contribution < 1.29 is 4.74 Å². The third-order valence-corrected chi connectivity index (χ3v) is 3.71. The summed E-state index contributed by atoms with van der Waals surface area (Å²) in [7, 11) is 0. The first-order valence-electron chi connectivity index (χ1n) is 6.91. The molecule has 0 aliphatic carbocycles. The smallest absolute Gasteiger partial charge is 0.258 e. The van der Waals surface area contributed by atoms with Crippen molar-refractivity contribution in [1.29, 1.82) is 0 Å². The molecule has 0 saturated carbocycles. The lowest BCUT2D eigenvalue weighted by Crippen LogP contribution is -2.17. The maximum absolute atomic E-state index is 12.1. The molecule has 0 unspecified atom stereocenters. The maximum atomic E-state index is 12.1. The first-order valence-corrected chi connectivity index (χ1v) is 7.29. The number of rotatable bonds is 3. The van der Waals surface area contributed by atoms with Crippen molar-refractivity contribution >= 4 is 17.2 Å². The molecular formula is C17H15ClN2O2. The highest BCUT2D eigenvalue weighted by molar-refractivity contribution is 6.32. The number of benzene rings is 1. The van der Waals surface area contributed by atoms with E-state index in [2.05, 4.69) is 4.98 Å². The van der Waals surface area contributed by atoms with Crippen molar-refractivity contribution in [2.24, 2.45) is 0 Å². The lowest BCUT2D eigenvalue weighted by Gasteiger charge is -2.10. The fraction of sp³-hybridized carbons (Fsp3) is 0.176. The van der Waals surface area contributed by atoms with Gasteiger partial charge in [-0.15, -0.1) is 0 Å². The van der Waals surface area contributed by atoms with Gasteiger partial charge in [0, 0.05) is 12.3 Å². The van der Waals surface area contributed by atoms with Gasteiger partial charge in [0.1, 0.15) is 18.0 Å². The number of ether oxygens (including phenoxy) is 1. The molecule has 3 rings (SSSR count). The fourth-order valence-electron chi connectivity index (χ4n) is 2.26. The highest BCUT2D eigenvalue weighted by atomic mass is 35.5. The molecule has 4 nitrogen and oxygen atoms in total. The number of fused-ring (bicyclic) bond motifs is 1. The Kier molecular flexibility index (Phi) is 3.86. The fourth-order valence-corrected chi connectivity index (χ4v) is 2.43. The van der Waals surface area contributed by atoms with E-state index in [-0.39, 0.29) is 12.2 Å². The Balaban J connectivity index is 1.93. The third kappa shape index (κ3) is 2.83. The number of nitrogens with zero attached hydrogens (tertiary/aromatic N) is 2. The van der Waals surface area contributed by atoms with Crippen LogP contribution in [0.15, 0.2) is 47.4 Å². The van der Waals surface area contributed by atoms with Crippen molar-refractivity contribution in [3.8, 4) is 5.75 Å². The molecule has 0 aliphatic heterocycles. The minimum absolute atomic E-state index is 0.123. The summed E-state index contributed by atoms with van der Waals surface area (Å²) in [6.07, 6.45) is 1.71. The molecule has 0 radical (unpaired) electrons. The van der Waals surface area contributed by atoms with Crippen LogP contribution in [0, 0.1) is 13.8 Å². The van der Waals surface area contributed by atoms with Crippen molar-refractivity contribution in [2.45, 2.75) is 20.5 Å². The van der Waals surface area contributed by atoms with E-state index in [1.165, 1.54) is 10.5 Å². The molecule has 0 saturated heterocycles. The lowest BCUT2D eigenvalue weighted by atomic mass is 10.2. The van der Waals surface area contributed by atoms with Crippen LogP contribution in [-0.4, -0.2) is 9.38 Å². The highest BCUT2D eigenvalue weighted by Crippen LogP contribution is 2.25. The Morgan fingerprint density at radius 2 is 2.05 bits per heavy atom. The van der Waals surface area contributed by atoms with Crippen LogP contribution in [0.5, 0.6) is 5.75 Å². The number of pyridine rings is 1. The molecule has 0 spiro atoms. The van der Waals surface area contributed by atoms with E-state index in [0.29, 0.717) is 22.1 Å². The van der Waals surface area contributed by atoms with Crippen LogP contribution in [0.3, 0.4) is 0 Å². The van der Waals surface area contributed by atoms with Gasteiger partial charge in [0.05, 0.1) is 10.7 Å². The minimum atomic E-state index is -0.123. The van der Waals surface area contributed by atoms with E-state index >= 15 is 0 Å². The van der Waals surface area contributed by atoms with E-state index in [0.717, 1.165) is 11.1 Å². The van der Waals surface area contributed by atoms with Gasteiger partial charge in [0.2, 0.25) is 0 Å². The molecular weight excluding hydrogens is 300 g/mol. The van der Waals surface area contributed by atoms with E-state index in [9.17, 15) is 4.79 Å². The molecule has 2 aromatic heterocycles. The number of halogens is 1. The SMILES string of the molecule is Cc1ccc(Cl)c(OCc2cc(=O)n3cccc(C)c3n2)c1. The van der Waals surface area contributed by atoms with Crippen LogP contribution in [-0.2, 0) is 6.61 Å². The Bertz CT molecular complexity index is 903. The first kappa shape index (κ1) is 14.6. The summed E-state index contributed by atoms with van der Waals surface area (Å²) in [5.74, 6) is 0.591. The first-order chi connectivity index (χ1) is 10.5. The molecule has 5 heteroatoms. The Hall–Kier alpha value is -2.33. The summed E-state index contributed by atoms with van der Waals surface area (Å²) >= 11 is 6.10. The highest BCUT2D eigenvalue weighted by Gasteiger charge is 2.07. The summed E-state index contributed by atoms with van der Waals surface area (Å²) in [6, 6.07) is 10.8. The Labute approximate surface area is 133 Å². The zero-order valence-electron chi connectivity index (χ0n) is 12.3. The molecule has 0 N–H and O–H groups in total. The average molecular weight is 315 g/mol. The number of hydrogen-bond acceptors (Lipinski definition) is 3. The molecule has 0 fully saturated rings.